The van der Waals surface area contributed by atoms with Crippen LogP contribution in [-0.2, 0) is 10.5 Å². The van der Waals surface area contributed by atoms with Gasteiger partial charge in [0, 0.05) is 11.1 Å². The van der Waals surface area contributed by atoms with Gasteiger partial charge < -0.3 is 4.74 Å². The topological polar surface area (TPSA) is 51.2 Å². The van der Waals surface area contributed by atoms with Crippen LogP contribution in [0.1, 0.15) is 26.3 Å². The van der Waals surface area contributed by atoms with Crippen LogP contribution in [0.5, 0.6) is 0 Å². The van der Waals surface area contributed by atoms with E-state index >= 15 is 0 Å². The highest BCUT2D eigenvalue weighted by atomic mass is 32.2. The lowest BCUT2D eigenvalue weighted by molar-refractivity contribution is 0.0636. The molecule has 2 rings (SSSR count). The minimum absolute atomic E-state index is 0.476. The van der Waals surface area contributed by atoms with Gasteiger partial charge in [-0.15, -0.1) is 23.1 Å². The second-order valence-electron chi connectivity index (χ2n) is 5.39. The van der Waals surface area contributed by atoms with Gasteiger partial charge in [-0.05, 0) is 26.3 Å². The second-order valence-corrected chi connectivity index (χ2v) is 7.25. The Balaban J connectivity index is 1.85. The van der Waals surface area contributed by atoms with Crippen molar-refractivity contribution < 1.29 is 9.53 Å². The van der Waals surface area contributed by atoms with E-state index in [2.05, 4.69) is 22.4 Å². The lowest BCUT2D eigenvalue weighted by Crippen LogP contribution is -2.27. The number of aromatic nitrogens is 1. The number of anilines is 1. The van der Waals surface area contributed by atoms with Crippen LogP contribution in [0, 0.1) is 0 Å². The fraction of sp³-hybridized carbons (Fsp3) is 0.333. The summed E-state index contributed by atoms with van der Waals surface area (Å²) in [5, 5.41) is 6.03. The number of ether oxygens (including phenoxy) is 1. The molecule has 0 fully saturated rings. The Kier molecular flexibility index (Phi) is 5.25. The third-order valence-corrected chi connectivity index (χ3v) is 4.21. The average molecular weight is 322 g/mol. The van der Waals surface area contributed by atoms with Crippen molar-refractivity contribution in [3.8, 4) is 0 Å². The maximum Gasteiger partial charge on any atom is 0.413 e. The maximum atomic E-state index is 11.6. The summed E-state index contributed by atoms with van der Waals surface area (Å²) in [6.07, 6.45) is -0.476. The molecule has 112 valence electrons. The number of rotatable bonds is 4. The van der Waals surface area contributed by atoms with Gasteiger partial charge in [0.15, 0.2) is 5.13 Å². The molecule has 0 aliphatic carbocycles. The van der Waals surface area contributed by atoms with Crippen LogP contribution in [0.25, 0.3) is 0 Å². The Labute approximate surface area is 132 Å². The summed E-state index contributed by atoms with van der Waals surface area (Å²) in [5.41, 5.74) is 0.740. The molecule has 0 atom stereocenters. The zero-order valence-electron chi connectivity index (χ0n) is 12.3. The van der Waals surface area contributed by atoms with Crippen molar-refractivity contribution in [2.75, 3.05) is 5.32 Å². The van der Waals surface area contributed by atoms with Crippen molar-refractivity contribution in [3.05, 3.63) is 41.3 Å². The van der Waals surface area contributed by atoms with Gasteiger partial charge in [-0.2, -0.15) is 0 Å². The summed E-state index contributed by atoms with van der Waals surface area (Å²) in [4.78, 5) is 16.0. The van der Waals surface area contributed by atoms with Gasteiger partial charge >= 0.3 is 6.09 Å². The minimum Gasteiger partial charge on any atom is -0.444 e. The van der Waals surface area contributed by atoms with Crippen molar-refractivity contribution >= 4 is 34.3 Å². The molecule has 0 saturated heterocycles. The molecule has 0 saturated carbocycles. The monoisotopic (exact) mass is 322 g/mol. The first kappa shape index (κ1) is 15.9. The fourth-order valence-corrected chi connectivity index (χ4v) is 3.20. The van der Waals surface area contributed by atoms with Crippen LogP contribution < -0.4 is 5.32 Å². The lowest BCUT2D eigenvalue weighted by Gasteiger charge is -2.18. The zero-order chi connectivity index (χ0) is 15.3. The number of benzene rings is 1. The van der Waals surface area contributed by atoms with E-state index in [9.17, 15) is 4.79 Å². The fourth-order valence-electron chi connectivity index (χ4n) is 1.51. The third-order valence-electron chi connectivity index (χ3n) is 2.32. The van der Waals surface area contributed by atoms with E-state index in [0.29, 0.717) is 5.13 Å². The molecule has 4 nitrogen and oxygen atoms in total. The number of thiazole rings is 1. The summed E-state index contributed by atoms with van der Waals surface area (Å²) in [5.74, 6) is 0.858. The van der Waals surface area contributed by atoms with E-state index in [1.54, 1.807) is 11.8 Å². The standard InChI is InChI=1S/C15H18N2O2S2/c1-15(2,3)19-14(18)17-13-16-12(10-21-13)20-9-11-7-5-4-6-8-11/h4-8,10H,9H2,1-3H3,(H,16,17,18). The Morgan fingerprint density at radius 3 is 2.71 bits per heavy atom. The molecule has 21 heavy (non-hydrogen) atoms. The molecule has 1 aromatic heterocycles. The third kappa shape index (κ3) is 5.77. The first-order chi connectivity index (χ1) is 9.92. The van der Waals surface area contributed by atoms with Gasteiger partial charge in [0.2, 0.25) is 0 Å². The Morgan fingerprint density at radius 2 is 2.05 bits per heavy atom. The normalized spacial score (nSPS) is 11.2. The number of nitrogens with zero attached hydrogens (tertiary/aromatic N) is 1. The molecular weight excluding hydrogens is 304 g/mol. The predicted octanol–water partition coefficient (Wildman–Crippen LogP) is 4.78. The van der Waals surface area contributed by atoms with Crippen LogP contribution in [0.2, 0.25) is 0 Å². The molecule has 1 heterocycles. The molecule has 0 radical (unpaired) electrons. The van der Waals surface area contributed by atoms with E-state index in [1.807, 2.05) is 44.4 Å². The van der Waals surface area contributed by atoms with Crippen LogP contribution in [0.4, 0.5) is 9.93 Å². The van der Waals surface area contributed by atoms with Gasteiger partial charge in [0.1, 0.15) is 10.6 Å². The molecule has 0 bridgehead atoms. The SMILES string of the molecule is CC(C)(C)OC(=O)Nc1nc(SCc2ccccc2)cs1. The highest BCUT2D eigenvalue weighted by Gasteiger charge is 2.17. The Hall–Kier alpha value is -1.53. The number of carbonyl (C=O) groups is 1. The first-order valence-corrected chi connectivity index (χ1v) is 8.41. The molecule has 6 heteroatoms. The molecule has 1 aromatic carbocycles. The molecule has 1 amide bonds. The number of nitrogens with one attached hydrogen (secondary N) is 1. The second kappa shape index (κ2) is 6.95. The van der Waals surface area contributed by atoms with Gasteiger partial charge in [0.05, 0.1) is 0 Å². The van der Waals surface area contributed by atoms with Gasteiger partial charge in [-0.25, -0.2) is 9.78 Å². The highest BCUT2D eigenvalue weighted by Crippen LogP contribution is 2.27. The number of thioether (sulfide) groups is 1. The van der Waals surface area contributed by atoms with E-state index in [-0.39, 0.29) is 0 Å². The van der Waals surface area contributed by atoms with Crippen molar-refractivity contribution in [3.63, 3.8) is 0 Å². The van der Waals surface area contributed by atoms with Crippen LogP contribution in [-0.4, -0.2) is 16.7 Å². The molecule has 1 N–H and O–H groups in total. The van der Waals surface area contributed by atoms with E-state index < -0.39 is 11.7 Å². The first-order valence-electron chi connectivity index (χ1n) is 6.55. The predicted molar refractivity (Wildman–Crippen MR) is 88.0 cm³/mol. The van der Waals surface area contributed by atoms with Gasteiger partial charge in [-0.1, -0.05) is 30.3 Å². The minimum atomic E-state index is -0.508. The Morgan fingerprint density at radius 1 is 1.33 bits per heavy atom. The van der Waals surface area contributed by atoms with Gasteiger partial charge in [0.25, 0.3) is 0 Å². The smallest absolute Gasteiger partial charge is 0.413 e. The van der Waals surface area contributed by atoms with Crippen molar-refractivity contribution in [1.82, 2.24) is 4.98 Å². The average Bonchev–Trinajstić information content (AvgIpc) is 2.83. The van der Waals surface area contributed by atoms with Crippen LogP contribution in [0.3, 0.4) is 0 Å². The summed E-state index contributed by atoms with van der Waals surface area (Å²) >= 11 is 3.04. The molecule has 0 aliphatic heterocycles. The number of hydrogen-bond acceptors (Lipinski definition) is 5. The van der Waals surface area contributed by atoms with E-state index in [4.69, 9.17) is 4.74 Å². The Bertz CT molecular complexity index is 591. The molecule has 0 unspecified atom stereocenters. The summed E-state index contributed by atoms with van der Waals surface area (Å²) in [7, 11) is 0. The lowest BCUT2D eigenvalue weighted by atomic mass is 10.2. The van der Waals surface area contributed by atoms with E-state index in [1.165, 1.54) is 16.9 Å². The van der Waals surface area contributed by atoms with Crippen molar-refractivity contribution in [1.29, 1.82) is 0 Å². The van der Waals surface area contributed by atoms with Crippen molar-refractivity contribution in [2.24, 2.45) is 0 Å². The molecule has 2 aromatic rings. The molecule has 0 spiro atoms. The van der Waals surface area contributed by atoms with E-state index in [0.717, 1.165) is 10.8 Å². The number of hydrogen-bond donors (Lipinski definition) is 1. The van der Waals surface area contributed by atoms with Crippen LogP contribution in [0.15, 0.2) is 40.7 Å². The largest absolute Gasteiger partial charge is 0.444 e. The zero-order valence-corrected chi connectivity index (χ0v) is 13.9. The maximum absolute atomic E-state index is 11.6. The summed E-state index contributed by atoms with van der Waals surface area (Å²) in [6, 6.07) is 10.2. The number of carbonyl (C=O) groups excluding carboxylic acids is 1. The van der Waals surface area contributed by atoms with Crippen LogP contribution >= 0.6 is 23.1 Å². The molecule has 0 aliphatic rings. The summed E-state index contributed by atoms with van der Waals surface area (Å²) in [6.45, 7) is 5.49. The van der Waals surface area contributed by atoms with Gasteiger partial charge in [-0.3, -0.25) is 5.32 Å². The highest BCUT2D eigenvalue weighted by molar-refractivity contribution is 7.98. The number of amides is 1. The summed E-state index contributed by atoms with van der Waals surface area (Å²) < 4.78 is 5.19. The quantitative estimate of drug-likeness (QED) is 0.823. The van der Waals surface area contributed by atoms with Crippen molar-refractivity contribution in [2.45, 2.75) is 37.2 Å². The molecular formula is C15H18N2O2S2.